The number of carbonyl (C=O) groups excluding carboxylic acids is 1. The van der Waals surface area contributed by atoms with Crippen LogP contribution in [0.4, 0.5) is 0 Å². The smallest absolute Gasteiger partial charge is 0.140 e. The van der Waals surface area contributed by atoms with Crippen molar-refractivity contribution in [3.8, 4) is 0 Å². The molecular weight excluding hydrogens is 150 g/mol. The zero-order valence-electron chi connectivity index (χ0n) is 8.05. The number of hydrogen-bond donors (Lipinski definition) is 1. The summed E-state index contributed by atoms with van der Waals surface area (Å²) in [6.45, 7) is 4.82. The Labute approximate surface area is 74.5 Å². The topological polar surface area (TPSA) is 43.1 Å². The van der Waals surface area contributed by atoms with E-state index in [1.165, 1.54) is 0 Å². The van der Waals surface area contributed by atoms with E-state index in [-0.39, 0.29) is 5.92 Å². The van der Waals surface area contributed by atoms with Crippen LogP contribution in [0.1, 0.15) is 33.1 Å². The van der Waals surface area contributed by atoms with E-state index in [1.807, 2.05) is 0 Å². The van der Waals surface area contributed by atoms with Crippen LogP contribution in [-0.2, 0) is 4.79 Å². The quantitative estimate of drug-likeness (QED) is 0.679. The molecule has 2 N–H and O–H groups in total. The number of nitrogens with two attached hydrogens (primary N) is 1. The lowest BCUT2D eigenvalue weighted by molar-refractivity contribution is -0.124. The van der Waals surface area contributed by atoms with Gasteiger partial charge in [-0.15, -0.1) is 0 Å². The fourth-order valence-corrected chi connectivity index (χ4v) is 1.60. The van der Waals surface area contributed by atoms with Crippen molar-refractivity contribution in [3.05, 3.63) is 0 Å². The predicted octanol–water partition coefficient (Wildman–Crippen LogP) is 1.59. The van der Waals surface area contributed by atoms with Gasteiger partial charge >= 0.3 is 0 Å². The molecule has 1 aliphatic carbocycles. The Kier molecular flexibility index (Phi) is 3.27. The summed E-state index contributed by atoms with van der Waals surface area (Å²) in [4.78, 5) is 11.6. The Morgan fingerprint density at radius 2 is 2.08 bits per heavy atom. The van der Waals surface area contributed by atoms with Crippen LogP contribution in [0.5, 0.6) is 0 Å². The van der Waals surface area contributed by atoms with Gasteiger partial charge in [-0.2, -0.15) is 0 Å². The summed E-state index contributed by atoms with van der Waals surface area (Å²) in [7, 11) is 0. The molecule has 1 fully saturated rings. The van der Waals surface area contributed by atoms with Gasteiger partial charge in [0.2, 0.25) is 0 Å². The van der Waals surface area contributed by atoms with Gasteiger partial charge in [0.1, 0.15) is 5.78 Å². The largest absolute Gasteiger partial charge is 0.330 e. The highest BCUT2D eigenvalue weighted by Crippen LogP contribution is 2.33. The van der Waals surface area contributed by atoms with Gasteiger partial charge in [-0.3, -0.25) is 4.79 Å². The predicted molar refractivity (Wildman–Crippen MR) is 49.7 cm³/mol. The van der Waals surface area contributed by atoms with E-state index in [4.69, 9.17) is 5.73 Å². The lowest BCUT2D eigenvalue weighted by atomic mass is 9.91. The van der Waals surface area contributed by atoms with Crippen molar-refractivity contribution in [3.63, 3.8) is 0 Å². The van der Waals surface area contributed by atoms with Crippen molar-refractivity contribution < 1.29 is 4.79 Å². The molecule has 70 valence electrons. The maximum absolute atomic E-state index is 11.6. The first-order valence-electron chi connectivity index (χ1n) is 4.89. The highest BCUT2D eigenvalue weighted by molar-refractivity contribution is 5.85. The molecule has 1 saturated carbocycles. The molecule has 12 heavy (non-hydrogen) atoms. The third-order valence-electron chi connectivity index (χ3n) is 2.42. The number of carbonyl (C=O) groups is 1. The lowest BCUT2D eigenvalue weighted by Gasteiger charge is -2.14. The SMILES string of the molecule is CC(C)CC(CN)C(=O)C1CC1. The Morgan fingerprint density at radius 1 is 1.50 bits per heavy atom. The van der Waals surface area contributed by atoms with Gasteiger partial charge in [0, 0.05) is 18.4 Å². The molecule has 1 atom stereocenters. The maximum atomic E-state index is 11.6. The van der Waals surface area contributed by atoms with Crippen molar-refractivity contribution in [2.24, 2.45) is 23.5 Å². The molecule has 0 saturated heterocycles. The van der Waals surface area contributed by atoms with Gasteiger partial charge in [0.25, 0.3) is 0 Å². The van der Waals surface area contributed by atoms with E-state index < -0.39 is 0 Å². The molecule has 0 aromatic rings. The zero-order chi connectivity index (χ0) is 9.14. The summed E-state index contributed by atoms with van der Waals surface area (Å²) in [5.41, 5.74) is 5.57. The second-order valence-corrected chi connectivity index (χ2v) is 4.24. The standard InChI is InChI=1S/C10H19NO/c1-7(2)5-9(6-11)10(12)8-3-4-8/h7-9H,3-6,11H2,1-2H3. The van der Waals surface area contributed by atoms with E-state index >= 15 is 0 Å². The second-order valence-electron chi connectivity index (χ2n) is 4.24. The van der Waals surface area contributed by atoms with Crippen molar-refractivity contribution >= 4 is 5.78 Å². The monoisotopic (exact) mass is 169 g/mol. The van der Waals surface area contributed by atoms with Crippen molar-refractivity contribution in [2.75, 3.05) is 6.54 Å². The Morgan fingerprint density at radius 3 is 2.42 bits per heavy atom. The van der Waals surface area contributed by atoms with Crippen molar-refractivity contribution in [2.45, 2.75) is 33.1 Å². The second kappa shape index (κ2) is 4.04. The molecule has 0 bridgehead atoms. The Hall–Kier alpha value is -0.370. The number of Topliss-reactive ketones (excluding diaryl/α,β-unsaturated/α-hetero) is 1. The van der Waals surface area contributed by atoms with Crippen LogP contribution < -0.4 is 5.73 Å². The molecule has 2 heteroatoms. The maximum Gasteiger partial charge on any atom is 0.140 e. The minimum absolute atomic E-state index is 0.137. The molecule has 1 rings (SSSR count). The van der Waals surface area contributed by atoms with Gasteiger partial charge in [0.05, 0.1) is 0 Å². The third kappa shape index (κ3) is 2.59. The van der Waals surface area contributed by atoms with Crippen molar-refractivity contribution in [1.82, 2.24) is 0 Å². The molecule has 1 unspecified atom stereocenters. The van der Waals surface area contributed by atoms with Gasteiger partial charge in [-0.05, 0) is 25.2 Å². The Balaban J connectivity index is 2.37. The molecule has 0 aromatic carbocycles. The summed E-state index contributed by atoms with van der Waals surface area (Å²) in [6, 6.07) is 0. The molecule has 0 heterocycles. The van der Waals surface area contributed by atoms with Crippen LogP contribution >= 0.6 is 0 Å². The van der Waals surface area contributed by atoms with Crippen molar-refractivity contribution in [1.29, 1.82) is 0 Å². The zero-order valence-corrected chi connectivity index (χ0v) is 8.05. The molecule has 0 aromatic heterocycles. The van der Waals surface area contributed by atoms with E-state index in [1.54, 1.807) is 0 Å². The highest BCUT2D eigenvalue weighted by atomic mass is 16.1. The fourth-order valence-electron chi connectivity index (χ4n) is 1.60. The van der Waals surface area contributed by atoms with E-state index in [0.29, 0.717) is 24.2 Å². The fraction of sp³-hybridized carbons (Fsp3) is 0.900. The van der Waals surface area contributed by atoms with Gasteiger partial charge in [-0.25, -0.2) is 0 Å². The first kappa shape index (κ1) is 9.72. The Bertz CT molecular complexity index is 161. The molecular formula is C10H19NO. The summed E-state index contributed by atoms with van der Waals surface area (Å²) in [6.07, 6.45) is 3.17. The molecule has 2 nitrogen and oxygen atoms in total. The summed E-state index contributed by atoms with van der Waals surface area (Å²) in [5, 5.41) is 0. The molecule has 0 spiro atoms. The number of ketones is 1. The summed E-state index contributed by atoms with van der Waals surface area (Å²) in [5.74, 6) is 1.52. The van der Waals surface area contributed by atoms with Gasteiger partial charge in [0.15, 0.2) is 0 Å². The number of hydrogen-bond acceptors (Lipinski definition) is 2. The number of rotatable bonds is 5. The average Bonchev–Trinajstić information content (AvgIpc) is 2.80. The van der Waals surface area contributed by atoms with E-state index in [0.717, 1.165) is 19.3 Å². The first-order chi connectivity index (χ1) is 5.65. The minimum Gasteiger partial charge on any atom is -0.330 e. The van der Waals surface area contributed by atoms with Crippen LogP contribution in [0.2, 0.25) is 0 Å². The van der Waals surface area contributed by atoms with Gasteiger partial charge < -0.3 is 5.73 Å². The van der Waals surface area contributed by atoms with E-state index in [2.05, 4.69) is 13.8 Å². The van der Waals surface area contributed by atoms with E-state index in [9.17, 15) is 4.79 Å². The van der Waals surface area contributed by atoms with Crippen LogP contribution in [0, 0.1) is 17.8 Å². The van der Waals surface area contributed by atoms with Crippen LogP contribution in [0.15, 0.2) is 0 Å². The normalized spacial score (nSPS) is 19.7. The molecule has 1 aliphatic rings. The minimum atomic E-state index is 0.137. The average molecular weight is 169 g/mol. The van der Waals surface area contributed by atoms with Gasteiger partial charge in [-0.1, -0.05) is 13.8 Å². The van der Waals surface area contributed by atoms with Crippen LogP contribution in [-0.4, -0.2) is 12.3 Å². The lowest BCUT2D eigenvalue weighted by Crippen LogP contribution is -2.26. The van der Waals surface area contributed by atoms with Crippen LogP contribution in [0.3, 0.4) is 0 Å². The third-order valence-corrected chi connectivity index (χ3v) is 2.42. The first-order valence-corrected chi connectivity index (χ1v) is 4.89. The molecule has 0 radical (unpaired) electrons. The molecule has 0 aliphatic heterocycles. The highest BCUT2D eigenvalue weighted by Gasteiger charge is 2.33. The summed E-state index contributed by atoms with van der Waals surface area (Å²) >= 11 is 0. The van der Waals surface area contributed by atoms with Crippen LogP contribution in [0.25, 0.3) is 0 Å². The molecule has 0 amide bonds. The summed E-state index contributed by atoms with van der Waals surface area (Å²) < 4.78 is 0.